The first-order valence-corrected chi connectivity index (χ1v) is 5.97. The fraction of sp³-hybridized carbons (Fsp3) is 0.571. The molecule has 0 amide bonds. The molecular weight excluding hydrogens is 198 g/mol. The van der Waals surface area contributed by atoms with Gasteiger partial charge in [-0.1, -0.05) is 26.8 Å². The summed E-state index contributed by atoms with van der Waals surface area (Å²) in [5, 5.41) is 0. The van der Waals surface area contributed by atoms with Crippen molar-refractivity contribution < 1.29 is 4.74 Å². The molecule has 0 spiro atoms. The van der Waals surface area contributed by atoms with Crippen molar-refractivity contribution in [2.45, 2.75) is 39.0 Å². The van der Waals surface area contributed by atoms with E-state index in [0.29, 0.717) is 11.8 Å². The van der Waals surface area contributed by atoms with Gasteiger partial charge in [-0.3, -0.25) is 0 Å². The van der Waals surface area contributed by atoms with Crippen LogP contribution in [0.2, 0.25) is 0 Å². The van der Waals surface area contributed by atoms with Crippen LogP contribution in [0, 0.1) is 0 Å². The van der Waals surface area contributed by atoms with Crippen LogP contribution in [0.15, 0.2) is 18.2 Å². The van der Waals surface area contributed by atoms with Crippen LogP contribution in [0.3, 0.4) is 0 Å². The van der Waals surface area contributed by atoms with Crippen molar-refractivity contribution in [3.05, 3.63) is 29.3 Å². The summed E-state index contributed by atoms with van der Waals surface area (Å²) in [5.41, 5.74) is 8.26. The third-order valence-corrected chi connectivity index (χ3v) is 3.02. The van der Waals surface area contributed by atoms with E-state index in [1.54, 1.807) is 7.11 Å². The number of nitrogens with two attached hydrogens (primary N) is 1. The second-order valence-corrected chi connectivity index (χ2v) is 4.67. The molecule has 1 rings (SSSR count). The van der Waals surface area contributed by atoms with E-state index in [1.807, 2.05) is 0 Å². The summed E-state index contributed by atoms with van der Waals surface area (Å²) >= 11 is 0. The molecular formula is C14H23NO. The predicted octanol–water partition coefficient (Wildman–Crippen LogP) is 3.27. The average Bonchev–Trinajstić information content (AvgIpc) is 2.28. The van der Waals surface area contributed by atoms with E-state index < -0.39 is 0 Å². The van der Waals surface area contributed by atoms with Gasteiger partial charge in [0.05, 0.1) is 7.11 Å². The van der Waals surface area contributed by atoms with Crippen LogP contribution in [0.25, 0.3) is 0 Å². The highest BCUT2D eigenvalue weighted by atomic mass is 16.5. The van der Waals surface area contributed by atoms with Crippen LogP contribution >= 0.6 is 0 Å². The molecule has 90 valence electrons. The van der Waals surface area contributed by atoms with E-state index in [2.05, 4.69) is 39.0 Å². The predicted molar refractivity (Wildman–Crippen MR) is 69.2 cm³/mol. The Hall–Kier alpha value is -1.02. The molecule has 1 aromatic rings. The van der Waals surface area contributed by atoms with Gasteiger partial charge < -0.3 is 10.5 Å². The number of hydrogen-bond acceptors (Lipinski definition) is 2. The Labute approximate surface area is 98.8 Å². The fourth-order valence-electron chi connectivity index (χ4n) is 1.80. The first-order valence-electron chi connectivity index (χ1n) is 5.97. The smallest absolute Gasteiger partial charge is 0.119 e. The summed E-state index contributed by atoms with van der Waals surface area (Å²) in [4.78, 5) is 0. The molecule has 2 nitrogen and oxygen atoms in total. The SMILES string of the molecule is COc1cc(C(C)C)cc(C(C)CCN)c1. The Kier molecular flexibility index (Phi) is 4.81. The maximum atomic E-state index is 5.60. The molecule has 0 bridgehead atoms. The van der Waals surface area contributed by atoms with Crippen molar-refractivity contribution in [2.24, 2.45) is 5.73 Å². The van der Waals surface area contributed by atoms with Crippen molar-refractivity contribution in [3.63, 3.8) is 0 Å². The molecule has 2 N–H and O–H groups in total. The van der Waals surface area contributed by atoms with Gasteiger partial charge in [-0.15, -0.1) is 0 Å². The van der Waals surface area contributed by atoms with Gasteiger partial charge in [-0.05, 0) is 48.1 Å². The average molecular weight is 221 g/mol. The van der Waals surface area contributed by atoms with Gasteiger partial charge in [0.1, 0.15) is 5.75 Å². The highest BCUT2D eigenvalue weighted by Gasteiger charge is 2.09. The van der Waals surface area contributed by atoms with Crippen molar-refractivity contribution in [2.75, 3.05) is 13.7 Å². The summed E-state index contributed by atoms with van der Waals surface area (Å²) in [6, 6.07) is 6.50. The van der Waals surface area contributed by atoms with Crippen LogP contribution in [0.5, 0.6) is 5.75 Å². The first-order chi connectivity index (χ1) is 7.58. The molecule has 0 aromatic heterocycles. The fourth-order valence-corrected chi connectivity index (χ4v) is 1.80. The lowest BCUT2D eigenvalue weighted by molar-refractivity contribution is 0.413. The monoisotopic (exact) mass is 221 g/mol. The number of methoxy groups -OCH3 is 1. The van der Waals surface area contributed by atoms with Crippen molar-refractivity contribution >= 4 is 0 Å². The summed E-state index contributed by atoms with van der Waals surface area (Å²) in [6.45, 7) is 7.35. The Morgan fingerprint density at radius 2 is 1.75 bits per heavy atom. The topological polar surface area (TPSA) is 35.2 Å². The zero-order valence-corrected chi connectivity index (χ0v) is 10.8. The molecule has 0 radical (unpaired) electrons. The van der Waals surface area contributed by atoms with E-state index in [1.165, 1.54) is 11.1 Å². The van der Waals surface area contributed by atoms with E-state index >= 15 is 0 Å². The van der Waals surface area contributed by atoms with Crippen LogP contribution in [0.4, 0.5) is 0 Å². The molecule has 16 heavy (non-hydrogen) atoms. The standard InChI is InChI=1S/C14H23NO/c1-10(2)12-7-13(11(3)5-6-15)9-14(8-12)16-4/h7-11H,5-6,15H2,1-4H3. The second kappa shape index (κ2) is 5.90. The van der Waals surface area contributed by atoms with Crippen LogP contribution < -0.4 is 10.5 Å². The Bertz CT molecular complexity index is 334. The van der Waals surface area contributed by atoms with Gasteiger partial charge in [-0.25, -0.2) is 0 Å². The Balaban J connectivity index is 3.03. The second-order valence-electron chi connectivity index (χ2n) is 4.67. The minimum Gasteiger partial charge on any atom is -0.497 e. The molecule has 0 aliphatic carbocycles. The molecule has 0 heterocycles. The van der Waals surface area contributed by atoms with E-state index in [0.717, 1.165) is 18.7 Å². The molecule has 1 atom stereocenters. The summed E-state index contributed by atoms with van der Waals surface area (Å²) in [6.07, 6.45) is 1.02. The third kappa shape index (κ3) is 3.24. The molecule has 2 heteroatoms. The minimum absolute atomic E-state index is 0.498. The quantitative estimate of drug-likeness (QED) is 0.828. The highest BCUT2D eigenvalue weighted by molar-refractivity contribution is 5.37. The lowest BCUT2D eigenvalue weighted by Crippen LogP contribution is -2.05. The summed E-state index contributed by atoms with van der Waals surface area (Å²) in [7, 11) is 1.72. The lowest BCUT2D eigenvalue weighted by atomic mass is 9.92. The first kappa shape index (κ1) is 13.0. The molecule has 1 unspecified atom stereocenters. The molecule has 0 fully saturated rings. The maximum absolute atomic E-state index is 5.60. The van der Waals surface area contributed by atoms with Gasteiger partial charge in [0.2, 0.25) is 0 Å². The minimum atomic E-state index is 0.498. The normalized spacial score (nSPS) is 12.9. The number of ether oxygens (including phenoxy) is 1. The molecule has 0 saturated carbocycles. The van der Waals surface area contributed by atoms with E-state index in [4.69, 9.17) is 10.5 Å². The number of hydrogen-bond donors (Lipinski definition) is 1. The zero-order chi connectivity index (χ0) is 12.1. The van der Waals surface area contributed by atoms with Crippen LogP contribution in [0.1, 0.15) is 50.2 Å². The van der Waals surface area contributed by atoms with E-state index in [9.17, 15) is 0 Å². The maximum Gasteiger partial charge on any atom is 0.119 e. The van der Waals surface area contributed by atoms with E-state index in [-0.39, 0.29) is 0 Å². The number of benzene rings is 1. The van der Waals surface area contributed by atoms with Crippen molar-refractivity contribution in [1.29, 1.82) is 0 Å². The van der Waals surface area contributed by atoms with Crippen LogP contribution in [-0.4, -0.2) is 13.7 Å². The lowest BCUT2D eigenvalue weighted by Gasteiger charge is -2.15. The molecule has 0 aliphatic heterocycles. The molecule has 0 saturated heterocycles. The van der Waals surface area contributed by atoms with Crippen molar-refractivity contribution in [3.8, 4) is 5.75 Å². The van der Waals surface area contributed by atoms with Gasteiger partial charge in [0.25, 0.3) is 0 Å². The summed E-state index contributed by atoms with van der Waals surface area (Å²) < 4.78 is 5.34. The molecule has 0 aliphatic rings. The Morgan fingerprint density at radius 1 is 1.12 bits per heavy atom. The third-order valence-electron chi connectivity index (χ3n) is 3.02. The van der Waals surface area contributed by atoms with Gasteiger partial charge in [-0.2, -0.15) is 0 Å². The van der Waals surface area contributed by atoms with Crippen molar-refractivity contribution in [1.82, 2.24) is 0 Å². The largest absolute Gasteiger partial charge is 0.497 e. The Morgan fingerprint density at radius 3 is 2.25 bits per heavy atom. The van der Waals surface area contributed by atoms with Gasteiger partial charge in [0, 0.05) is 0 Å². The summed E-state index contributed by atoms with van der Waals surface area (Å²) in [5.74, 6) is 1.97. The number of rotatable bonds is 5. The molecule has 1 aromatic carbocycles. The highest BCUT2D eigenvalue weighted by Crippen LogP contribution is 2.28. The van der Waals surface area contributed by atoms with Gasteiger partial charge >= 0.3 is 0 Å². The van der Waals surface area contributed by atoms with Crippen LogP contribution in [-0.2, 0) is 0 Å². The van der Waals surface area contributed by atoms with Gasteiger partial charge in [0.15, 0.2) is 0 Å². The zero-order valence-electron chi connectivity index (χ0n) is 10.8.